The van der Waals surface area contributed by atoms with Crippen molar-refractivity contribution >= 4 is 51.9 Å². The van der Waals surface area contributed by atoms with Gasteiger partial charge in [0.15, 0.2) is 0 Å². The van der Waals surface area contributed by atoms with Crippen LogP contribution in [0.4, 0.5) is 11.5 Å². The van der Waals surface area contributed by atoms with Gasteiger partial charge in [-0.1, -0.05) is 6.07 Å². The van der Waals surface area contributed by atoms with E-state index in [9.17, 15) is 14.4 Å². The number of pyridine rings is 1. The van der Waals surface area contributed by atoms with Crippen molar-refractivity contribution in [1.82, 2.24) is 9.88 Å². The van der Waals surface area contributed by atoms with Gasteiger partial charge in [-0.3, -0.25) is 14.4 Å². The predicted octanol–water partition coefficient (Wildman–Crippen LogP) is 3.87. The van der Waals surface area contributed by atoms with Gasteiger partial charge in [0, 0.05) is 47.6 Å². The van der Waals surface area contributed by atoms with Crippen LogP contribution in [0.3, 0.4) is 0 Å². The van der Waals surface area contributed by atoms with Gasteiger partial charge in [0.2, 0.25) is 5.91 Å². The number of rotatable bonds is 5. The SMILES string of the molecule is COC(=O)[C@H]1CC[C@H](C(=O)N2CCN(c3ccc(C(=O)Nc4ccc(C)c(I)c4)cn3)CC2)CC1. The monoisotopic (exact) mass is 590 g/mol. The Balaban J connectivity index is 1.27. The fraction of sp³-hybridized carbons (Fsp3) is 0.462. The molecule has 35 heavy (non-hydrogen) atoms. The second-order valence-corrected chi connectivity index (χ2v) is 10.4. The molecule has 0 spiro atoms. The first-order chi connectivity index (χ1) is 16.9. The summed E-state index contributed by atoms with van der Waals surface area (Å²) in [5, 5.41) is 2.92. The lowest BCUT2D eigenvalue weighted by molar-refractivity contribution is -0.148. The van der Waals surface area contributed by atoms with E-state index in [-0.39, 0.29) is 29.6 Å². The predicted molar refractivity (Wildman–Crippen MR) is 142 cm³/mol. The Morgan fingerprint density at radius 2 is 1.69 bits per heavy atom. The summed E-state index contributed by atoms with van der Waals surface area (Å²) in [4.78, 5) is 45.9. The average molecular weight is 590 g/mol. The van der Waals surface area contributed by atoms with E-state index in [1.165, 1.54) is 12.7 Å². The van der Waals surface area contributed by atoms with Gasteiger partial charge in [-0.25, -0.2) is 4.98 Å². The Kier molecular flexibility index (Phi) is 8.25. The summed E-state index contributed by atoms with van der Waals surface area (Å²) in [6.45, 7) is 4.72. The third kappa shape index (κ3) is 6.12. The number of benzene rings is 1. The smallest absolute Gasteiger partial charge is 0.308 e. The van der Waals surface area contributed by atoms with Crippen molar-refractivity contribution in [2.24, 2.45) is 11.8 Å². The Hall–Kier alpha value is -2.69. The van der Waals surface area contributed by atoms with Crippen LogP contribution in [0.25, 0.3) is 0 Å². The van der Waals surface area contributed by atoms with Crippen LogP contribution < -0.4 is 10.2 Å². The third-order valence-corrected chi connectivity index (χ3v) is 8.13. The highest BCUT2D eigenvalue weighted by Crippen LogP contribution is 2.31. The molecule has 1 N–H and O–H groups in total. The number of nitrogens with zero attached hydrogens (tertiary/aromatic N) is 3. The lowest BCUT2D eigenvalue weighted by Crippen LogP contribution is -2.51. The molecule has 4 rings (SSSR count). The minimum atomic E-state index is -0.193. The van der Waals surface area contributed by atoms with Gasteiger partial charge >= 0.3 is 5.97 Å². The number of nitrogens with one attached hydrogen (secondary N) is 1. The molecule has 1 saturated carbocycles. The Bertz CT molecular complexity index is 1080. The lowest BCUT2D eigenvalue weighted by Gasteiger charge is -2.38. The zero-order valence-electron chi connectivity index (χ0n) is 20.1. The zero-order valence-corrected chi connectivity index (χ0v) is 22.3. The number of methoxy groups -OCH3 is 1. The van der Waals surface area contributed by atoms with Gasteiger partial charge < -0.3 is 19.9 Å². The molecule has 2 fully saturated rings. The molecule has 1 saturated heterocycles. The molecular weight excluding hydrogens is 559 g/mol. The molecule has 1 aliphatic heterocycles. The molecule has 2 aliphatic rings. The summed E-state index contributed by atoms with van der Waals surface area (Å²) in [5.74, 6) is 0.565. The van der Waals surface area contributed by atoms with Gasteiger partial charge in [-0.15, -0.1) is 0 Å². The average Bonchev–Trinajstić information content (AvgIpc) is 2.90. The van der Waals surface area contributed by atoms with Gasteiger partial charge in [-0.2, -0.15) is 0 Å². The van der Waals surface area contributed by atoms with Crippen molar-refractivity contribution in [3.63, 3.8) is 0 Å². The molecule has 1 aromatic carbocycles. The van der Waals surface area contributed by atoms with E-state index in [2.05, 4.69) is 37.8 Å². The summed E-state index contributed by atoms with van der Waals surface area (Å²) in [7, 11) is 1.42. The molecule has 186 valence electrons. The topological polar surface area (TPSA) is 91.8 Å². The van der Waals surface area contributed by atoms with Crippen LogP contribution in [0.15, 0.2) is 36.5 Å². The van der Waals surface area contributed by atoms with E-state index in [1.54, 1.807) is 12.3 Å². The highest BCUT2D eigenvalue weighted by Gasteiger charge is 2.33. The maximum absolute atomic E-state index is 13.0. The van der Waals surface area contributed by atoms with E-state index in [0.717, 1.165) is 40.8 Å². The van der Waals surface area contributed by atoms with Crippen molar-refractivity contribution in [2.75, 3.05) is 43.5 Å². The number of hydrogen-bond acceptors (Lipinski definition) is 6. The number of carbonyl (C=O) groups is 3. The highest BCUT2D eigenvalue weighted by molar-refractivity contribution is 14.1. The van der Waals surface area contributed by atoms with E-state index in [4.69, 9.17) is 4.74 Å². The number of anilines is 2. The first-order valence-electron chi connectivity index (χ1n) is 12.0. The largest absolute Gasteiger partial charge is 0.469 e. The number of carbonyl (C=O) groups excluding carboxylic acids is 3. The number of ether oxygens (including phenoxy) is 1. The molecule has 0 bridgehead atoms. The number of aromatic nitrogens is 1. The highest BCUT2D eigenvalue weighted by atomic mass is 127. The number of piperazine rings is 1. The van der Waals surface area contributed by atoms with Crippen molar-refractivity contribution in [1.29, 1.82) is 0 Å². The minimum absolute atomic E-state index is 0.00446. The maximum Gasteiger partial charge on any atom is 0.308 e. The maximum atomic E-state index is 13.0. The molecular formula is C26H31IN4O4. The van der Waals surface area contributed by atoms with Crippen molar-refractivity contribution < 1.29 is 19.1 Å². The van der Waals surface area contributed by atoms with E-state index in [0.29, 0.717) is 31.7 Å². The molecule has 1 aliphatic carbocycles. The standard InChI is InChI=1S/C26H31IN4O4/c1-17-3-9-21(15-22(17)27)29-24(32)20-8-10-23(28-16-20)30-11-13-31(14-12-30)25(33)18-4-6-19(7-5-18)26(34)35-2/h3,8-10,15-16,18-19H,4-7,11-14H2,1-2H3,(H,29,32)/t18-,19-. The van der Waals surface area contributed by atoms with Crippen molar-refractivity contribution in [3.8, 4) is 0 Å². The van der Waals surface area contributed by atoms with Crippen LogP contribution in [-0.4, -0.2) is 61.0 Å². The molecule has 2 aromatic rings. The molecule has 2 heterocycles. The van der Waals surface area contributed by atoms with Gasteiger partial charge in [-0.05, 0) is 85.0 Å². The molecule has 1 aromatic heterocycles. The Morgan fingerprint density at radius 1 is 1.00 bits per heavy atom. The van der Waals surface area contributed by atoms with Crippen LogP contribution in [0.5, 0.6) is 0 Å². The number of aryl methyl sites for hydroxylation is 1. The number of esters is 1. The molecule has 2 amide bonds. The fourth-order valence-electron chi connectivity index (χ4n) is 4.74. The number of amides is 2. The van der Waals surface area contributed by atoms with Gasteiger partial charge in [0.1, 0.15) is 5.82 Å². The zero-order chi connectivity index (χ0) is 24.9. The van der Waals surface area contributed by atoms with Crippen molar-refractivity contribution in [2.45, 2.75) is 32.6 Å². The summed E-state index contributed by atoms with van der Waals surface area (Å²) >= 11 is 2.25. The minimum Gasteiger partial charge on any atom is -0.469 e. The first kappa shape index (κ1) is 25.4. The molecule has 9 heteroatoms. The number of hydrogen-bond donors (Lipinski definition) is 1. The van der Waals surface area contributed by atoms with Crippen LogP contribution in [0, 0.1) is 22.3 Å². The second kappa shape index (κ2) is 11.4. The molecule has 0 radical (unpaired) electrons. The van der Waals surface area contributed by atoms with Crippen molar-refractivity contribution in [3.05, 3.63) is 51.2 Å². The normalized spacial score (nSPS) is 20.3. The van der Waals surface area contributed by atoms with Gasteiger partial charge in [0.25, 0.3) is 5.91 Å². The van der Waals surface area contributed by atoms with Crippen LogP contribution in [-0.2, 0) is 14.3 Å². The third-order valence-electron chi connectivity index (χ3n) is 6.97. The van der Waals surface area contributed by atoms with E-state index < -0.39 is 0 Å². The van der Waals surface area contributed by atoms with Crippen LogP contribution in [0.2, 0.25) is 0 Å². The molecule has 0 unspecified atom stereocenters. The summed E-state index contributed by atoms with van der Waals surface area (Å²) in [5.41, 5.74) is 2.43. The second-order valence-electron chi connectivity index (χ2n) is 9.21. The summed E-state index contributed by atoms with van der Waals surface area (Å²) < 4.78 is 5.94. The fourth-order valence-corrected chi connectivity index (χ4v) is 5.25. The Labute approximate surface area is 219 Å². The van der Waals surface area contributed by atoms with E-state index in [1.807, 2.05) is 36.1 Å². The molecule has 0 atom stereocenters. The summed E-state index contributed by atoms with van der Waals surface area (Å²) in [6.07, 6.45) is 4.52. The Morgan fingerprint density at radius 3 is 2.29 bits per heavy atom. The molecule has 8 nitrogen and oxygen atoms in total. The van der Waals surface area contributed by atoms with Gasteiger partial charge in [0.05, 0.1) is 18.6 Å². The van der Waals surface area contributed by atoms with E-state index >= 15 is 0 Å². The quantitative estimate of drug-likeness (QED) is 0.420. The summed E-state index contributed by atoms with van der Waals surface area (Å²) in [6, 6.07) is 9.47. The number of halogens is 1. The lowest BCUT2D eigenvalue weighted by atomic mass is 9.81. The van der Waals surface area contributed by atoms with Crippen LogP contribution in [0.1, 0.15) is 41.6 Å². The first-order valence-corrected chi connectivity index (χ1v) is 13.1. The van der Waals surface area contributed by atoms with Crippen LogP contribution >= 0.6 is 22.6 Å².